The monoisotopic (exact) mass is 230 g/mol. The van der Waals surface area contributed by atoms with Crippen LogP contribution >= 0.6 is 0 Å². The Morgan fingerprint density at radius 3 is 2.47 bits per heavy atom. The zero-order valence-electron chi connectivity index (χ0n) is 10.2. The van der Waals surface area contributed by atoms with E-state index in [1.807, 2.05) is 6.92 Å². The van der Waals surface area contributed by atoms with Crippen LogP contribution in [0.4, 0.5) is 0 Å². The molecule has 0 saturated heterocycles. The molecule has 0 aromatic heterocycles. The van der Waals surface area contributed by atoms with Gasteiger partial charge in [-0.3, -0.25) is 0 Å². The first-order valence-electron chi connectivity index (χ1n) is 5.42. The molecule has 0 radical (unpaired) electrons. The standard InChI is InChI=1S/C11H22O3Si/c1-6-9-15(5,13-4)11(8-3)14-10(12)7-2/h7,11H,2,6,8-9H2,1,3-5H3. The Hall–Kier alpha value is -0.613. The van der Waals surface area contributed by atoms with Gasteiger partial charge in [-0.1, -0.05) is 26.8 Å². The second-order valence-electron chi connectivity index (χ2n) is 3.80. The van der Waals surface area contributed by atoms with Gasteiger partial charge in [-0.05, 0) is 19.0 Å². The molecule has 3 nitrogen and oxygen atoms in total. The van der Waals surface area contributed by atoms with Crippen LogP contribution < -0.4 is 0 Å². The molecule has 0 aromatic rings. The van der Waals surface area contributed by atoms with Gasteiger partial charge in [0.1, 0.15) is 5.73 Å². The molecule has 0 N–H and O–H groups in total. The van der Waals surface area contributed by atoms with Crippen molar-refractivity contribution in [2.45, 2.75) is 45.0 Å². The third kappa shape index (κ3) is 4.18. The van der Waals surface area contributed by atoms with E-state index in [9.17, 15) is 4.79 Å². The van der Waals surface area contributed by atoms with Gasteiger partial charge in [0.25, 0.3) is 0 Å². The van der Waals surface area contributed by atoms with Crippen molar-refractivity contribution in [3.05, 3.63) is 12.7 Å². The minimum Gasteiger partial charge on any atom is -0.460 e. The van der Waals surface area contributed by atoms with Gasteiger partial charge >= 0.3 is 5.97 Å². The molecule has 0 aromatic carbocycles. The number of hydrogen-bond acceptors (Lipinski definition) is 3. The topological polar surface area (TPSA) is 35.5 Å². The Balaban J connectivity index is 4.59. The van der Waals surface area contributed by atoms with Crippen molar-refractivity contribution in [3.8, 4) is 0 Å². The summed E-state index contributed by atoms with van der Waals surface area (Å²) in [7, 11) is -0.208. The van der Waals surface area contributed by atoms with E-state index in [4.69, 9.17) is 9.16 Å². The summed E-state index contributed by atoms with van der Waals surface area (Å²) in [5.41, 5.74) is -0.0760. The minimum atomic E-state index is -1.92. The van der Waals surface area contributed by atoms with E-state index in [1.54, 1.807) is 7.11 Å². The highest BCUT2D eigenvalue weighted by Crippen LogP contribution is 2.22. The van der Waals surface area contributed by atoms with Gasteiger partial charge in [-0.25, -0.2) is 4.79 Å². The molecule has 15 heavy (non-hydrogen) atoms. The zero-order chi connectivity index (χ0) is 11.9. The van der Waals surface area contributed by atoms with Crippen molar-refractivity contribution in [1.82, 2.24) is 0 Å². The summed E-state index contributed by atoms with van der Waals surface area (Å²) in [6.07, 6.45) is 3.06. The van der Waals surface area contributed by atoms with E-state index in [-0.39, 0.29) is 11.7 Å². The van der Waals surface area contributed by atoms with Crippen LogP contribution in [0.2, 0.25) is 12.6 Å². The summed E-state index contributed by atoms with van der Waals surface area (Å²) < 4.78 is 10.9. The summed E-state index contributed by atoms with van der Waals surface area (Å²) in [6, 6.07) is 1.01. The van der Waals surface area contributed by atoms with E-state index in [1.165, 1.54) is 6.08 Å². The van der Waals surface area contributed by atoms with Gasteiger partial charge in [0.15, 0.2) is 0 Å². The van der Waals surface area contributed by atoms with Crippen LogP contribution in [0.15, 0.2) is 12.7 Å². The zero-order valence-corrected chi connectivity index (χ0v) is 11.2. The van der Waals surface area contributed by atoms with Crippen LogP contribution in [-0.4, -0.2) is 27.1 Å². The van der Waals surface area contributed by atoms with Crippen LogP contribution in [0.25, 0.3) is 0 Å². The maximum atomic E-state index is 11.2. The van der Waals surface area contributed by atoms with Gasteiger partial charge in [-0.15, -0.1) is 0 Å². The van der Waals surface area contributed by atoms with Gasteiger partial charge in [0.2, 0.25) is 8.32 Å². The van der Waals surface area contributed by atoms with E-state index in [2.05, 4.69) is 20.0 Å². The first-order valence-corrected chi connectivity index (χ1v) is 8.11. The molecule has 0 fully saturated rings. The van der Waals surface area contributed by atoms with Crippen molar-refractivity contribution in [2.24, 2.45) is 0 Å². The van der Waals surface area contributed by atoms with Crippen molar-refractivity contribution < 1.29 is 14.0 Å². The largest absolute Gasteiger partial charge is 0.460 e. The SMILES string of the molecule is C=CC(=O)OC(CC)[Si](C)(CCC)OC. The molecule has 2 atom stereocenters. The average molecular weight is 230 g/mol. The second kappa shape index (κ2) is 6.79. The Kier molecular flexibility index (Phi) is 6.52. The Labute approximate surface area is 93.6 Å². The molecule has 0 heterocycles. The highest BCUT2D eigenvalue weighted by atomic mass is 28.4. The first kappa shape index (κ1) is 14.4. The Bertz CT molecular complexity index is 218. The van der Waals surface area contributed by atoms with Crippen LogP contribution in [0.5, 0.6) is 0 Å². The fourth-order valence-electron chi connectivity index (χ4n) is 1.72. The average Bonchev–Trinajstić information content (AvgIpc) is 2.25. The summed E-state index contributed by atoms with van der Waals surface area (Å²) in [6.45, 7) is 9.65. The molecule has 0 bridgehead atoms. The van der Waals surface area contributed by atoms with Gasteiger partial charge in [-0.2, -0.15) is 0 Å². The Morgan fingerprint density at radius 1 is 1.53 bits per heavy atom. The van der Waals surface area contributed by atoms with Crippen LogP contribution in [0, 0.1) is 0 Å². The third-order valence-corrected chi connectivity index (χ3v) is 7.00. The van der Waals surface area contributed by atoms with E-state index in [0.29, 0.717) is 0 Å². The lowest BCUT2D eigenvalue weighted by molar-refractivity contribution is -0.140. The smallest absolute Gasteiger partial charge is 0.330 e. The fourth-order valence-corrected chi connectivity index (χ4v) is 4.73. The molecule has 0 rings (SSSR count). The van der Waals surface area contributed by atoms with Crippen LogP contribution in [0.1, 0.15) is 26.7 Å². The summed E-state index contributed by atoms with van der Waals surface area (Å²) in [5, 5.41) is 0. The van der Waals surface area contributed by atoms with Crippen molar-refractivity contribution in [3.63, 3.8) is 0 Å². The Morgan fingerprint density at radius 2 is 2.13 bits per heavy atom. The van der Waals surface area contributed by atoms with E-state index < -0.39 is 8.32 Å². The lowest BCUT2D eigenvalue weighted by Crippen LogP contribution is -2.48. The normalized spacial score (nSPS) is 16.5. The van der Waals surface area contributed by atoms with E-state index >= 15 is 0 Å². The van der Waals surface area contributed by atoms with Gasteiger partial charge in [0, 0.05) is 13.2 Å². The highest BCUT2D eigenvalue weighted by Gasteiger charge is 2.38. The second-order valence-corrected chi connectivity index (χ2v) is 7.98. The molecule has 0 spiro atoms. The number of esters is 1. The molecule has 0 saturated carbocycles. The molecular formula is C11H22O3Si. The molecule has 4 heteroatoms. The predicted octanol–water partition coefficient (Wildman–Crippen LogP) is 2.67. The van der Waals surface area contributed by atoms with Gasteiger partial charge in [0.05, 0.1) is 0 Å². The lowest BCUT2D eigenvalue weighted by Gasteiger charge is -2.32. The van der Waals surface area contributed by atoms with E-state index in [0.717, 1.165) is 18.9 Å². The molecule has 0 aliphatic rings. The molecule has 88 valence electrons. The number of rotatable bonds is 7. The number of hydrogen-bond donors (Lipinski definition) is 0. The van der Waals surface area contributed by atoms with Crippen molar-refractivity contribution >= 4 is 14.3 Å². The third-order valence-electron chi connectivity index (χ3n) is 2.69. The summed E-state index contributed by atoms with van der Waals surface area (Å²) >= 11 is 0. The maximum Gasteiger partial charge on any atom is 0.330 e. The molecule has 0 aliphatic heterocycles. The van der Waals surface area contributed by atoms with Crippen LogP contribution in [-0.2, 0) is 14.0 Å². The van der Waals surface area contributed by atoms with Crippen LogP contribution in [0.3, 0.4) is 0 Å². The predicted molar refractivity (Wildman–Crippen MR) is 64.1 cm³/mol. The van der Waals surface area contributed by atoms with Crippen molar-refractivity contribution in [1.29, 1.82) is 0 Å². The fraction of sp³-hybridized carbons (Fsp3) is 0.727. The summed E-state index contributed by atoms with van der Waals surface area (Å²) in [4.78, 5) is 11.2. The molecule has 0 amide bonds. The highest BCUT2D eigenvalue weighted by molar-refractivity contribution is 6.73. The van der Waals surface area contributed by atoms with Crippen molar-refractivity contribution in [2.75, 3.05) is 7.11 Å². The lowest BCUT2D eigenvalue weighted by atomic mass is 10.5. The molecular weight excluding hydrogens is 208 g/mol. The number of ether oxygens (including phenoxy) is 1. The maximum absolute atomic E-state index is 11.2. The van der Waals surface area contributed by atoms with Gasteiger partial charge < -0.3 is 9.16 Å². The minimum absolute atomic E-state index is 0.0760. The summed E-state index contributed by atoms with van der Waals surface area (Å²) in [5.74, 6) is -0.353. The number of carbonyl (C=O) groups is 1. The molecule has 0 aliphatic carbocycles. The first-order chi connectivity index (χ1) is 7.03. The molecule has 2 unspecified atom stereocenters. The number of carbonyl (C=O) groups excluding carboxylic acids is 1. The quantitative estimate of drug-likeness (QED) is 0.383.